The van der Waals surface area contributed by atoms with E-state index in [1.165, 1.54) is 0 Å². The van der Waals surface area contributed by atoms with Crippen LogP contribution in [-0.2, 0) is 0 Å². The number of carbonyl (C=O) groups excluding carboxylic acids is 1. The number of amides is 1. The first-order valence-electron chi connectivity index (χ1n) is 9.25. The number of anilines is 1. The van der Waals surface area contributed by atoms with E-state index in [2.05, 4.69) is 15.0 Å². The molecule has 9 heteroatoms. The third kappa shape index (κ3) is 3.66. The Labute approximate surface area is 161 Å². The first-order chi connectivity index (χ1) is 13.5. The Morgan fingerprint density at radius 3 is 2.64 bits per heavy atom. The molecule has 1 unspecified atom stereocenters. The largest absolute Gasteiger partial charge is 0.391 e. The van der Waals surface area contributed by atoms with Crippen LogP contribution < -0.4 is 4.90 Å². The highest BCUT2D eigenvalue weighted by Gasteiger charge is 2.43. The molecule has 1 amide bonds. The lowest BCUT2D eigenvalue weighted by Gasteiger charge is -2.49. The molecule has 2 saturated heterocycles. The average Bonchev–Trinajstić information content (AvgIpc) is 2.68. The van der Waals surface area contributed by atoms with Gasteiger partial charge in [0.1, 0.15) is 11.6 Å². The summed E-state index contributed by atoms with van der Waals surface area (Å²) in [5, 5.41) is 10.4. The number of pyridine rings is 1. The number of β-amino-alcohol motifs (C(OH)–C–C–N with tert-alkyl or cyclic N) is 1. The van der Waals surface area contributed by atoms with Gasteiger partial charge in [-0.2, -0.15) is 0 Å². The smallest absolute Gasteiger partial charge is 0.275 e. The average molecular weight is 389 g/mol. The predicted molar refractivity (Wildman–Crippen MR) is 96.6 cm³/mol. The Morgan fingerprint density at radius 1 is 1.18 bits per heavy atom. The molecule has 28 heavy (non-hydrogen) atoms. The molecule has 4 rings (SSSR count). The topological polar surface area (TPSA) is 82.5 Å². The highest BCUT2D eigenvalue weighted by atomic mass is 19.1. The lowest BCUT2D eigenvalue weighted by atomic mass is 9.71. The molecule has 0 saturated carbocycles. The van der Waals surface area contributed by atoms with Crippen LogP contribution in [0.25, 0.3) is 0 Å². The number of hydrogen-bond acceptors (Lipinski definition) is 6. The van der Waals surface area contributed by atoms with E-state index in [4.69, 9.17) is 0 Å². The van der Waals surface area contributed by atoms with E-state index in [9.17, 15) is 18.7 Å². The minimum absolute atomic E-state index is 0.152. The second-order valence-corrected chi connectivity index (χ2v) is 7.58. The zero-order valence-electron chi connectivity index (χ0n) is 15.3. The summed E-state index contributed by atoms with van der Waals surface area (Å²) in [6, 6.07) is 0.669. The summed E-state index contributed by atoms with van der Waals surface area (Å²) < 4.78 is 26.9. The van der Waals surface area contributed by atoms with Gasteiger partial charge in [0.15, 0.2) is 11.5 Å². The lowest BCUT2D eigenvalue weighted by molar-refractivity contribution is 0.0242. The molecule has 2 aliphatic rings. The number of aliphatic hydroxyl groups is 1. The number of carbonyl (C=O) groups is 1. The summed E-state index contributed by atoms with van der Waals surface area (Å²) in [6.07, 6.45) is 7.25. The maximum Gasteiger partial charge on any atom is 0.275 e. The van der Waals surface area contributed by atoms with Crippen molar-refractivity contribution in [2.45, 2.75) is 25.4 Å². The molecule has 1 N–H and O–H groups in total. The van der Waals surface area contributed by atoms with E-state index in [0.717, 1.165) is 12.0 Å². The van der Waals surface area contributed by atoms with E-state index in [0.29, 0.717) is 51.5 Å². The SMILES string of the molecule is O=C(c1ncc(F)cc1F)N1CCC2(CC1)CC(O)CN(c1cnccn1)C2. The van der Waals surface area contributed by atoms with Crippen LogP contribution in [-0.4, -0.2) is 63.1 Å². The Bertz CT molecular complexity index is 859. The van der Waals surface area contributed by atoms with E-state index < -0.39 is 23.6 Å². The maximum atomic E-state index is 13.9. The van der Waals surface area contributed by atoms with E-state index in [1.54, 1.807) is 23.5 Å². The molecular formula is C19H21F2N5O2. The highest BCUT2D eigenvalue weighted by Crippen LogP contribution is 2.41. The van der Waals surface area contributed by atoms with Gasteiger partial charge in [0, 0.05) is 44.6 Å². The van der Waals surface area contributed by atoms with Gasteiger partial charge in [-0.05, 0) is 24.7 Å². The molecule has 1 atom stereocenters. The second kappa shape index (κ2) is 7.38. The van der Waals surface area contributed by atoms with E-state index in [-0.39, 0.29) is 11.1 Å². The van der Waals surface area contributed by atoms with Gasteiger partial charge in [-0.25, -0.2) is 18.7 Å². The Hall–Kier alpha value is -2.68. The number of likely N-dealkylation sites (tertiary alicyclic amines) is 1. The number of halogens is 2. The molecule has 4 heterocycles. The summed E-state index contributed by atoms with van der Waals surface area (Å²) in [6.45, 7) is 2.07. The first kappa shape index (κ1) is 18.7. The van der Waals surface area contributed by atoms with Crippen LogP contribution in [0.4, 0.5) is 14.6 Å². The summed E-state index contributed by atoms with van der Waals surface area (Å²) in [7, 11) is 0. The normalized spacial score (nSPS) is 21.8. The van der Waals surface area contributed by atoms with Crippen LogP contribution in [0.2, 0.25) is 0 Å². The van der Waals surface area contributed by atoms with Crippen molar-refractivity contribution in [3.8, 4) is 0 Å². The Balaban J connectivity index is 1.45. The van der Waals surface area contributed by atoms with Gasteiger partial charge in [-0.3, -0.25) is 9.78 Å². The van der Waals surface area contributed by atoms with Gasteiger partial charge >= 0.3 is 0 Å². The lowest BCUT2D eigenvalue weighted by Crippen LogP contribution is -2.55. The molecule has 2 aliphatic heterocycles. The van der Waals surface area contributed by atoms with E-state index in [1.807, 2.05) is 4.90 Å². The third-order valence-corrected chi connectivity index (χ3v) is 5.62. The molecule has 2 aromatic heterocycles. The maximum absolute atomic E-state index is 13.9. The molecule has 0 aliphatic carbocycles. The van der Waals surface area contributed by atoms with Gasteiger partial charge < -0.3 is 14.9 Å². The molecule has 7 nitrogen and oxygen atoms in total. The van der Waals surface area contributed by atoms with Gasteiger partial charge in [-0.1, -0.05) is 0 Å². The highest BCUT2D eigenvalue weighted by molar-refractivity contribution is 5.92. The van der Waals surface area contributed by atoms with Crippen LogP contribution in [0, 0.1) is 17.0 Å². The van der Waals surface area contributed by atoms with E-state index >= 15 is 0 Å². The summed E-state index contributed by atoms with van der Waals surface area (Å²) in [5.74, 6) is -1.58. The van der Waals surface area contributed by atoms with Crippen molar-refractivity contribution >= 4 is 11.7 Å². The molecular weight excluding hydrogens is 368 g/mol. The van der Waals surface area contributed by atoms with Crippen molar-refractivity contribution < 1.29 is 18.7 Å². The van der Waals surface area contributed by atoms with Crippen LogP contribution in [0.15, 0.2) is 30.9 Å². The van der Waals surface area contributed by atoms with Gasteiger partial charge in [0.2, 0.25) is 0 Å². The van der Waals surface area contributed by atoms with Crippen molar-refractivity contribution in [3.63, 3.8) is 0 Å². The standard InChI is InChI=1S/C19H21F2N5O2/c20-13-7-15(21)17(24-9-13)18(28)25-5-1-19(2-6-25)8-14(27)11-26(12-19)16-10-22-3-4-23-16/h3-4,7,9-10,14,27H,1-2,5-6,8,11-12H2. The molecule has 0 bridgehead atoms. The van der Waals surface area contributed by atoms with Crippen molar-refractivity contribution in [1.82, 2.24) is 19.9 Å². The number of piperidine rings is 2. The quantitative estimate of drug-likeness (QED) is 0.841. The van der Waals surface area contributed by atoms with Crippen molar-refractivity contribution in [3.05, 3.63) is 48.2 Å². The second-order valence-electron chi connectivity index (χ2n) is 7.58. The molecule has 0 radical (unpaired) electrons. The molecule has 1 spiro atoms. The molecule has 148 valence electrons. The Kier molecular flexibility index (Phi) is 4.92. The van der Waals surface area contributed by atoms with Crippen LogP contribution in [0.3, 0.4) is 0 Å². The number of aliphatic hydroxyl groups excluding tert-OH is 1. The Morgan fingerprint density at radius 2 is 1.96 bits per heavy atom. The van der Waals surface area contributed by atoms with Crippen LogP contribution in [0.5, 0.6) is 0 Å². The van der Waals surface area contributed by atoms with Gasteiger partial charge in [0.25, 0.3) is 5.91 Å². The zero-order valence-corrected chi connectivity index (χ0v) is 15.3. The van der Waals surface area contributed by atoms with Crippen LogP contribution >= 0.6 is 0 Å². The minimum Gasteiger partial charge on any atom is -0.391 e. The minimum atomic E-state index is -0.952. The van der Waals surface area contributed by atoms with Crippen LogP contribution in [0.1, 0.15) is 29.8 Å². The molecule has 2 fully saturated rings. The summed E-state index contributed by atoms with van der Waals surface area (Å²) in [5.41, 5.74) is -0.511. The number of hydrogen-bond donors (Lipinski definition) is 1. The fourth-order valence-electron chi connectivity index (χ4n) is 4.25. The number of nitrogens with zero attached hydrogens (tertiary/aromatic N) is 5. The number of rotatable bonds is 2. The summed E-state index contributed by atoms with van der Waals surface area (Å²) in [4.78, 5) is 28.2. The van der Waals surface area contributed by atoms with Crippen molar-refractivity contribution in [2.75, 3.05) is 31.1 Å². The third-order valence-electron chi connectivity index (χ3n) is 5.62. The number of aromatic nitrogens is 3. The van der Waals surface area contributed by atoms with Gasteiger partial charge in [0.05, 0.1) is 18.5 Å². The molecule has 2 aromatic rings. The molecule has 0 aromatic carbocycles. The fraction of sp³-hybridized carbons (Fsp3) is 0.474. The first-order valence-corrected chi connectivity index (χ1v) is 9.25. The summed E-state index contributed by atoms with van der Waals surface area (Å²) >= 11 is 0. The monoisotopic (exact) mass is 389 g/mol. The predicted octanol–water partition coefficient (Wildman–Crippen LogP) is 1.64. The zero-order chi connectivity index (χ0) is 19.7. The fourth-order valence-corrected chi connectivity index (χ4v) is 4.25. The van der Waals surface area contributed by atoms with Crippen molar-refractivity contribution in [1.29, 1.82) is 0 Å². The van der Waals surface area contributed by atoms with Gasteiger partial charge in [-0.15, -0.1) is 0 Å². The van der Waals surface area contributed by atoms with Crippen molar-refractivity contribution in [2.24, 2.45) is 5.41 Å².